The maximum Gasteiger partial charge on any atom is 0.223 e. The molecule has 4 atom stereocenters. The molecule has 0 bridgehead atoms. The Labute approximate surface area is 156 Å². The van der Waals surface area contributed by atoms with Gasteiger partial charge in [-0.25, -0.2) is 0 Å². The number of carbonyl (C=O) groups excluding carboxylic acids is 1. The van der Waals surface area contributed by atoms with E-state index in [2.05, 4.69) is 51.3 Å². The number of aliphatic imine (C=N–C) groups is 1. The van der Waals surface area contributed by atoms with Gasteiger partial charge in [0.05, 0.1) is 0 Å². The van der Waals surface area contributed by atoms with E-state index in [1.165, 1.54) is 5.56 Å². The number of guanidine groups is 1. The van der Waals surface area contributed by atoms with E-state index in [4.69, 9.17) is 0 Å². The number of rotatable bonds is 5. The second kappa shape index (κ2) is 7.68. The zero-order valence-corrected chi connectivity index (χ0v) is 15.6. The predicted molar refractivity (Wildman–Crippen MR) is 104 cm³/mol. The van der Waals surface area contributed by atoms with Crippen molar-refractivity contribution in [2.24, 2.45) is 10.9 Å². The molecule has 0 heterocycles. The summed E-state index contributed by atoms with van der Waals surface area (Å²) in [6.45, 7) is 0. The minimum Gasteiger partial charge on any atom is -0.354 e. The van der Waals surface area contributed by atoms with E-state index in [-0.39, 0.29) is 11.8 Å². The van der Waals surface area contributed by atoms with Gasteiger partial charge in [0.25, 0.3) is 0 Å². The second-order valence-electron chi connectivity index (χ2n) is 8.06. The quantitative estimate of drug-likeness (QED) is 0.562. The lowest BCUT2D eigenvalue weighted by atomic mass is 9.85. The Morgan fingerprint density at radius 3 is 2.50 bits per heavy atom. The van der Waals surface area contributed by atoms with Crippen LogP contribution in [0.15, 0.2) is 35.3 Å². The van der Waals surface area contributed by atoms with Crippen molar-refractivity contribution < 1.29 is 4.79 Å². The van der Waals surface area contributed by atoms with E-state index in [1.807, 2.05) is 7.05 Å². The minimum absolute atomic E-state index is 0.151. The lowest BCUT2D eigenvalue weighted by molar-refractivity contribution is -0.126. The van der Waals surface area contributed by atoms with Crippen molar-refractivity contribution in [1.82, 2.24) is 16.0 Å². The molecule has 3 aliphatic carbocycles. The van der Waals surface area contributed by atoms with Crippen molar-refractivity contribution in [2.45, 2.75) is 69.0 Å². The summed E-state index contributed by atoms with van der Waals surface area (Å²) in [6.07, 6.45) is 7.60. The summed E-state index contributed by atoms with van der Waals surface area (Å²) in [7, 11) is 1.83. The highest BCUT2D eigenvalue weighted by molar-refractivity contribution is 5.82. The molecule has 3 fully saturated rings. The summed E-state index contributed by atoms with van der Waals surface area (Å²) in [5.74, 6) is 1.87. The Kier molecular flexibility index (Phi) is 5.14. The van der Waals surface area contributed by atoms with E-state index in [9.17, 15) is 4.79 Å². The van der Waals surface area contributed by atoms with Gasteiger partial charge >= 0.3 is 0 Å². The second-order valence-corrected chi connectivity index (χ2v) is 8.06. The summed E-state index contributed by atoms with van der Waals surface area (Å²) < 4.78 is 0. The highest BCUT2D eigenvalue weighted by atomic mass is 16.2. The van der Waals surface area contributed by atoms with Crippen LogP contribution in [0.4, 0.5) is 0 Å². The van der Waals surface area contributed by atoms with Crippen molar-refractivity contribution in [3.63, 3.8) is 0 Å². The SMILES string of the molecule is CN=C(NC1CCCC(C(=O)NC2CC2)C1)NC1CC1c1ccccc1. The van der Waals surface area contributed by atoms with Crippen LogP contribution in [-0.2, 0) is 4.79 Å². The van der Waals surface area contributed by atoms with Crippen LogP contribution in [-0.4, -0.2) is 37.0 Å². The highest BCUT2D eigenvalue weighted by Crippen LogP contribution is 2.40. The van der Waals surface area contributed by atoms with Gasteiger partial charge in [0.1, 0.15) is 0 Å². The molecule has 0 aliphatic heterocycles. The molecule has 0 saturated heterocycles. The third-order valence-electron chi connectivity index (χ3n) is 5.87. The first-order valence-electron chi connectivity index (χ1n) is 10.1. The monoisotopic (exact) mass is 354 g/mol. The Hall–Kier alpha value is -2.04. The molecule has 5 nitrogen and oxygen atoms in total. The fourth-order valence-electron chi connectivity index (χ4n) is 4.07. The van der Waals surface area contributed by atoms with Gasteiger partial charge in [-0.15, -0.1) is 0 Å². The predicted octanol–water partition coefficient (Wildman–Crippen LogP) is 2.54. The standard InChI is InChI=1S/C21H30N4O/c1-22-21(25-19-13-18(19)14-6-3-2-4-7-14)24-17-9-5-8-15(12-17)20(26)23-16-10-11-16/h2-4,6-7,15-19H,5,8-13H2,1H3,(H,23,26)(H2,22,24,25). The van der Waals surface area contributed by atoms with Crippen LogP contribution in [0.2, 0.25) is 0 Å². The average Bonchev–Trinajstić information content (AvgIpc) is 3.59. The number of benzene rings is 1. The summed E-state index contributed by atoms with van der Waals surface area (Å²) in [4.78, 5) is 16.8. The molecule has 1 aromatic carbocycles. The van der Waals surface area contributed by atoms with Crippen molar-refractivity contribution in [1.29, 1.82) is 0 Å². The van der Waals surface area contributed by atoms with Crippen LogP contribution in [0, 0.1) is 5.92 Å². The van der Waals surface area contributed by atoms with Crippen molar-refractivity contribution >= 4 is 11.9 Å². The fourth-order valence-corrected chi connectivity index (χ4v) is 4.07. The molecule has 3 N–H and O–H groups in total. The molecular weight excluding hydrogens is 324 g/mol. The number of amides is 1. The van der Waals surface area contributed by atoms with Crippen LogP contribution in [0.5, 0.6) is 0 Å². The van der Waals surface area contributed by atoms with Gasteiger partial charge in [0.2, 0.25) is 5.91 Å². The first-order chi connectivity index (χ1) is 12.7. The van der Waals surface area contributed by atoms with Gasteiger partial charge in [-0.3, -0.25) is 9.79 Å². The molecule has 1 aromatic rings. The Bertz CT molecular complexity index is 655. The van der Waals surface area contributed by atoms with Crippen molar-refractivity contribution in [3.8, 4) is 0 Å². The van der Waals surface area contributed by atoms with Crippen LogP contribution in [0.25, 0.3) is 0 Å². The molecule has 0 radical (unpaired) electrons. The van der Waals surface area contributed by atoms with E-state index >= 15 is 0 Å². The van der Waals surface area contributed by atoms with Crippen molar-refractivity contribution in [2.75, 3.05) is 7.05 Å². The molecule has 3 aliphatic rings. The summed E-state index contributed by atoms with van der Waals surface area (Å²) >= 11 is 0. The lowest BCUT2D eigenvalue weighted by Gasteiger charge is -2.30. The topological polar surface area (TPSA) is 65.5 Å². The molecule has 5 heteroatoms. The highest BCUT2D eigenvalue weighted by Gasteiger charge is 2.39. The van der Waals surface area contributed by atoms with E-state index in [1.54, 1.807) is 0 Å². The van der Waals surface area contributed by atoms with Gasteiger partial charge in [0.15, 0.2) is 5.96 Å². The number of hydrogen-bond donors (Lipinski definition) is 3. The van der Waals surface area contributed by atoms with E-state index in [0.717, 1.165) is 50.9 Å². The molecule has 0 aromatic heterocycles. The molecule has 3 saturated carbocycles. The minimum atomic E-state index is 0.151. The van der Waals surface area contributed by atoms with Gasteiger partial charge in [-0.05, 0) is 44.1 Å². The molecule has 26 heavy (non-hydrogen) atoms. The first kappa shape index (κ1) is 17.4. The van der Waals surface area contributed by atoms with E-state index < -0.39 is 0 Å². The maximum atomic E-state index is 12.4. The van der Waals surface area contributed by atoms with Crippen LogP contribution in [0.1, 0.15) is 56.4 Å². The van der Waals surface area contributed by atoms with Crippen LogP contribution >= 0.6 is 0 Å². The zero-order chi connectivity index (χ0) is 17.9. The van der Waals surface area contributed by atoms with Gasteiger partial charge < -0.3 is 16.0 Å². The Balaban J connectivity index is 1.26. The lowest BCUT2D eigenvalue weighted by Crippen LogP contribution is -2.47. The molecule has 140 valence electrons. The fraction of sp³-hybridized carbons (Fsp3) is 0.619. The first-order valence-corrected chi connectivity index (χ1v) is 10.1. The van der Waals surface area contributed by atoms with Gasteiger partial charge in [0, 0.05) is 37.0 Å². The maximum absolute atomic E-state index is 12.4. The number of carbonyl (C=O) groups is 1. The van der Waals surface area contributed by atoms with Crippen molar-refractivity contribution in [3.05, 3.63) is 35.9 Å². The van der Waals surface area contributed by atoms with Gasteiger partial charge in [-0.2, -0.15) is 0 Å². The third-order valence-corrected chi connectivity index (χ3v) is 5.87. The Morgan fingerprint density at radius 1 is 0.962 bits per heavy atom. The van der Waals surface area contributed by atoms with Crippen LogP contribution in [0.3, 0.4) is 0 Å². The largest absolute Gasteiger partial charge is 0.354 e. The molecule has 1 amide bonds. The van der Waals surface area contributed by atoms with E-state index in [0.29, 0.717) is 24.0 Å². The zero-order valence-electron chi connectivity index (χ0n) is 15.6. The molecule has 4 rings (SSSR count). The summed E-state index contributed by atoms with van der Waals surface area (Å²) in [5.41, 5.74) is 1.40. The number of hydrogen-bond acceptors (Lipinski definition) is 2. The Morgan fingerprint density at radius 2 is 1.77 bits per heavy atom. The molecule has 0 spiro atoms. The molecular formula is C21H30N4O. The number of nitrogens with zero attached hydrogens (tertiary/aromatic N) is 1. The normalized spacial score (nSPS) is 31.2. The van der Waals surface area contributed by atoms with Crippen LogP contribution < -0.4 is 16.0 Å². The average molecular weight is 354 g/mol. The summed E-state index contributed by atoms with van der Waals surface area (Å²) in [5, 5.41) is 10.3. The summed E-state index contributed by atoms with van der Waals surface area (Å²) in [6, 6.07) is 11.9. The van der Waals surface area contributed by atoms with Gasteiger partial charge in [-0.1, -0.05) is 36.8 Å². The third kappa shape index (κ3) is 4.37. The number of nitrogens with one attached hydrogen (secondary N) is 3. The smallest absolute Gasteiger partial charge is 0.223 e. The molecule has 4 unspecified atom stereocenters.